The van der Waals surface area contributed by atoms with Crippen LogP contribution in [0, 0.1) is 6.92 Å². The molecule has 0 fully saturated rings. The topological polar surface area (TPSA) is 87.3 Å². The van der Waals surface area contributed by atoms with E-state index >= 15 is 0 Å². The second-order valence-corrected chi connectivity index (χ2v) is 6.63. The van der Waals surface area contributed by atoms with Gasteiger partial charge in [0.2, 0.25) is 10.0 Å². The molecule has 20 heavy (non-hydrogen) atoms. The summed E-state index contributed by atoms with van der Waals surface area (Å²) in [7, 11) is -3.18. The van der Waals surface area contributed by atoms with Crippen LogP contribution in [0.4, 0.5) is 10.5 Å². The Morgan fingerprint density at radius 1 is 1.30 bits per heavy atom. The van der Waals surface area contributed by atoms with Gasteiger partial charge in [-0.3, -0.25) is 0 Å². The van der Waals surface area contributed by atoms with Crippen LogP contribution < -0.4 is 15.4 Å². The van der Waals surface area contributed by atoms with E-state index in [4.69, 9.17) is 11.6 Å². The maximum atomic E-state index is 11.6. The molecule has 0 heterocycles. The maximum absolute atomic E-state index is 11.6. The summed E-state index contributed by atoms with van der Waals surface area (Å²) in [5, 5.41) is 5.87. The van der Waals surface area contributed by atoms with Gasteiger partial charge in [0.1, 0.15) is 0 Å². The van der Waals surface area contributed by atoms with E-state index in [1.54, 1.807) is 12.1 Å². The number of halogens is 1. The lowest BCUT2D eigenvalue weighted by atomic mass is 10.2. The lowest BCUT2D eigenvalue weighted by Crippen LogP contribution is -2.32. The van der Waals surface area contributed by atoms with E-state index in [-0.39, 0.29) is 12.6 Å². The van der Waals surface area contributed by atoms with E-state index < -0.39 is 10.0 Å². The Hall–Kier alpha value is -1.31. The van der Waals surface area contributed by atoms with E-state index in [0.717, 1.165) is 11.8 Å². The monoisotopic (exact) mass is 319 g/mol. The highest BCUT2D eigenvalue weighted by molar-refractivity contribution is 7.88. The number of aryl methyl sites for hydroxylation is 1. The lowest BCUT2D eigenvalue weighted by Gasteiger charge is -2.10. The third-order valence-corrected chi connectivity index (χ3v) is 3.41. The van der Waals surface area contributed by atoms with E-state index in [2.05, 4.69) is 15.4 Å². The molecule has 0 saturated carbocycles. The largest absolute Gasteiger partial charge is 0.338 e. The van der Waals surface area contributed by atoms with Gasteiger partial charge in [-0.15, -0.1) is 0 Å². The molecule has 1 aromatic carbocycles. The molecule has 1 aromatic rings. The van der Waals surface area contributed by atoms with Crippen molar-refractivity contribution in [2.75, 3.05) is 24.7 Å². The van der Waals surface area contributed by atoms with Gasteiger partial charge in [-0.1, -0.05) is 17.7 Å². The Morgan fingerprint density at radius 3 is 2.65 bits per heavy atom. The molecular formula is C12H18ClN3O3S. The molecule has 6 nitrogen and oxygen atoms in total. The van der Waals surface area contributed by atoms with E-state index in [9.17, 15) is 13.2 Å². The van der Waals surface area contributed by atoms with Gasteiger partial charge in [0, 0.05) is 23.8 Å². The standard InChI is InChI=1S/C12H18ClN3O3S/c1-9-4-5-10(13)8-11(9)16-12(17)14-6-3-7-15-20(2,18)19/h4-5,8,15H,3,6-7H2,1-2H3,(H2,14,16,17). The number of urea groups is 1. The Morgan fingerprint density at radius 2 is 2.00 bits per heavy atom. The summed E-state index contributed by atoms with van der Waals surface area (Å²) in [5.41, 5.74) is 1.55. The van der Waals surface area contributed by atoms with Crippen LogP contribution in [0.15, 0.2) is 18.2 Å². The van der Waals surface area contributed by atoms with Gasteiger partial charge in [-0.25, -0.2) is 17.9 Å². The van der Waals surface area contributed by atoms with Gasteiger partial charge in [0.15, 0.2) is 0 Å². The normalized spacial score (nSPS) is 11.2. The number of nitrogens with one attached hydrogen (secondary N) is 3. The zero-order valence-electron chi connectivity index (χ0n) is 11.4. The summed E-state index contributed by atoms with van der Waals surface area (Å²) in [6, 6.07) is 4.88. The number of rotatable bonds is 6. The molecule has 2 amide bonds. The molecule has 0 aliphatic carbocycles. The van der Waals surface area contributed by atoms with Crippen LogP contribution in [-0.4, -0.2) is 33.8 Å². The fourth-order valence-corrected chi connectivity index (χ4v) is 2.13. The highest BCUT2D eigenvalue weighted by Gasteiger charge is 2.05. The van der Waals surface area contributed by atoms with Crippen molar-refractivity contribution in [2.45, 2.75) is 13.3 Å². The van der Waals surface area contributed by atoms with Gasteiger partial charge in [-0.2, -0.15) is 0 Å². The number of sulfonamides is 1. The van der Waals surface area contributed by atoms with Crippen LogP contribution in [0.2, 0.25) is 5.02 Å². The number of benzene rings is 1. The number of hydrogen-bond donors (Lipinski definition) is 3. The molecule has 0 aliphatic rings. The maximum Gasteiger partial charge on any atom is 0.319 e. The lowest BCUT2D eigenvalue weighted by molar-refractivity contribution is 0.252. The number of anilines is 1. The molecule has 0 unspecified atom stereocenters. The van der Waals surface area contributed by atoms with Crippen LogP contribution >= 0.6 is 11.6 Å². The summed E-state index contributed by atoms with van der Waals surface area (Å²) in [6.07, 6.45) is 1.60. The Balaban J connectivity index is 2.32. The SMILES string of the molecule is Cc1ccc(Cl)cc1NC(=O)NCCCNS(C)(=O)=O. The molecule has 0 saturated heterocycles. The molecule has 1 rings (SSSR count). The predicted molar refractivity (Wildman–Crippen MR) is 80.7 cm³/mol. The average molecular weight is 320 g/mol. The second-order valence-electron chi connectivity index (χ2n) is 4.36. The summed E-state index contributed by atoms with van der Waals surface area (Å²) in [5.74, 6) is 0. The van der Waals surface area contributed by atoms with Crippen molar-refractivity contribution < 1.29 is 13.2 Å². The van der Waals surface area contributed by atoms with E-state index in [1.807, 2.05) is 13.0 Å². The molecular weight excluding hydrogens is 302 g/mol. The Kier molecular flexibility index (Phi) is 6.25. The van der Waals surface area contributed by atoms with Gasteiger partial charge in [0.05, 0.1) is 6.26 Å². The number of amides is 2. The highest BCUT2D eigenvalue weighted by Crippen LogP contribution is 2.19. The summed E-state index contributed by atoms with van der Waals surface area (Å²) in [6.45, 7) is 2.52. The van der Waals surface area contributed by atoms with Gasteiger partial charge < -0.3 is 10.6 Å². The zero-order chi connectivity index (χ0) is 15.2. The molecule has 112 valence electrons. The highest BCUT2D eigenvalue weighted by atomic mass is 35.5. The van der Waals surface area contributed by atoms with E-state index in [0.29, 0.717) is 23.7 Å². The summed E-state index contributed by atoms with van der Waals surface area (Å²) < 4.78 is 24.0. The van der Waals surface area contributed by atoms with Crippen molar-refractivity contribution >= 4 is 33.3 Å². The fourth-order valence-electron chi connectivity index (χ4n) is 1.44. The number of hydrogen-bond acceptors (Lipinski definition) is 3. The Labute approximate surface area is 123 Å². The summed E-state index contributed by atoms with van der Waals surface area (Å²) >= 11 is 5.85. The molecule has 0 aliphatic heterocycles. The minimum atomic E-state index is -3.18. The van der Waals surface area contributed by atoms with Crippen molar-refractivity contribution in [3.8, 4) is 0 Å². The molecule has 0 spiro atoms. The molecule has 0 radical (unpaired) electrons. The third-order valence-electron chi connectivity index (χ3n) is 2.45. The number of carbonyl (C=O) groups excluding carboxylic acids is 1. The van der Waals surface area contributed by atoms with Crippen molar-refractivity contribution in [1.29, 1.82) is 0 Å². The van der Waals surface area contributed by atoms with Crippen molar-refractivity contribution in [1.82, 2.24) is 10.0 Å². The van der Waals surface area contributed by atoms with Crippen LogP contribution in [0.1, 0.15) is 12.0 Å². The van der Waals surface area contributed by atoms with Crippen LogP contribution in [0.3, 0.4) is 0 Å². The minimum absolute atomic E-state index is 0.287. The zero-order valence-corrected chi connectivity index (χ0v) is 12.9. The minimum Gasteiger partial charge on any atom is -0.338 e. The second kappa shape index (κ2) is 7.47. The predicted octanol–water partition coefficient (Wildman–Crippen LogP) is 1.71. The average Bonchev–Trinajstić information content (AvgIpc) is 2.32. The first-order valence-corrected chi connectivity index (χ1v) is 8.30. The quantitative estimate of drug-likeness (QED) is 0.698. The fraction of sp³-hybridized carbons (Fsp3) is 0.417. The first-order valence-electron chi connectivity index (χ1n) is 6.03. The molecule has 0 atom stereocenters. The third kappa shape index (κ3) is 6.74. The van der Waals surface area contributed by atoms with Crippen LogP contribution in [0.5, 0.6) is 0 Å². The number of carbonyl (C=O) groups is 1. The van der Waals surface area contributed by atoms with Gasteiger partial charge in [0.25, 0.3) is 0 Å². The molecule has 3 N–H and O–H groups in total. The molecule has 0 aromatic heterocycles. The molecule has 8 heteroatoms. The first-order chi connectivity index (χ1) is 9.28. The van der Waals surface area contributed by atoms with Crippen LogP contribution in [0.25, 0.3) is 0 Å². The van der Waals surface area contributed by atoms with Crippen LogP contribution in [-0.2, 0) is 10.0 Å². The van der Waals surface area contributed by atoms with Crippen molar-refractivity contribution in [3.05, 3.63) is 28.8 Å². The smallest absolute Gasteiger partial charge is 0.319 e. The van der Waals surface area contributed by atoms with Gasteiger partial charge >= 0.3 is 6.03 Å². The van der Waals surface area contributed by atoms with Gasteiger partial charge in [-0.05, 0) is 31.0 Å². The van der Waals surface area contributed by atoms with E-state index in [1.165, 1.54) is 0 Å². The van der Waals surface area contributed by atoms with Crippen molar-refractivity contribution in [2.24, 2.45) is 0 Å². The molecule has 0 bridgehead atoms. The summed E-state index contributed by atoms with van der Waals surface area (Å²) in [4.78, 5) is 11.6. The first kappa shape index (κ1) is 16.7. The Bertz CT molecular complexity index is 575. The van der Waals surface area contributed by atoms with Crippen molar-refractivity contribution in [3.63, 3.8) is 0 Å².